The summed E-state index contributed by atoms with van der Waals surface area (Å²) < 4.78 is 46.3. The summed E-state index contributed by atoms with van der Waals surface area (Å²) in [6, 6.07) is 5.08. The van der Waals surface area contributed by atoms with Crippen molar-refractivity contribution in [2.45, 2.75) is 25.7 Å². The molecule has 6 heteroatoms. The Morgan fingerprint density at radius 1 is 1.11 bits per heavy atom. The lowest BCUT2D eigenvalue weighted by Gasteiger charge is -2.16. The SMILES string of the molecule is C[Si](C)(C)CCOc1cccc(OC(F)=C(F)F)c1. The summed E-state index contributed by atoms with van der Waals surface area (Å²) in [5, 5.41) is 0. The van der Waals surface area contributed by atoms with Gasteiger partial charge in [-0.05, 0) is 18.2 Å². The normalized spacial score (nSPS) is 11.1. The maximum atomic E-state index is 12.6. The van der Waals surface area contributed by atoms with E-state index in [2.05, 4.69) is 24.4 Å². The van der Waals surface area contributed by atoms with Crippen LogP contribution in [-0.2, 0) is 0 Å². The minimum absolute atomic E-state index is 0.0178. The first-order valence-corrected chi connectivity index (χ1v) is 9.60. The molecule has 1 rings (SSSR count). The summed E-state index contributed by atoms with van der Waals surface area (Å²) in [5.74, 6) is 0.457. The van der Waals surface area contributed by atoms with Crippen molar-refractivity contribution in [3.05, 3.63) is 36.4 Å². The maximum absolute atomic E-state index is 12.6. The maximum Gasteiger partial charge on any atom is 0.344 e. The van der Waals surface area contributed by atoms with Crippen molar-refractivity contribution in [1.82, 2.24) is 0 Å². The second-order valence-corrected chi connectivity index (χ2v) is 10.9. The summed E-state index contributed by atoms with van der Waals surface area (Å²) >= 11 is 0. The molecule has 0 fully saturated rings. The van der Waals surface area contributed by atoms with E-state index in [1.807, 2.05) is 0 Å². The number of benzene rings is 1. The average Bonchev–Trinajstić information content (AvgIpc) is 2.27. The largest absolute Gasteiger partial charge is 0.494 e. The van der Waals surface area contributed by atoms with E-state index in [0.717, 1.165) is 6.04 Å². The van der Waals surface area contributed by atoms with Gasteiger partial charge in [0.2, 0.25) is 0 Å². The van der Waals surface area contributed by atoms with Gasteiger partial charge in [-0.2, -0.15) is 13.2 Å². The van der Waals surface area contributed by atoms with Gasteiger partial charge in [-0.1, -0.05) is 25.7 Å². The molecule has 0 aliphatic rings. The summed E-state index contributed by atoms with van der Waals surface area (Å²) in [4.78, 5) is 0. The standard InChI is InChI=1S/C13H17F3O2Si/c1-19(2,3)8-7-17-10-5-4-6-11(9-10)18-13(16)12(14)15/h4-6,9H,7-8H2,1-3H3. The predicted octanol–water partition coefficient (Wildman–Crippen LogP) is 4.82. The Bertz CT molecular complexity index is 451. The summed E-state index contributed by atoms with van der Waals surface area (Å²) in [6.07, 6.45) is -2.48. The lowest BCUT2D eigenvalue weighted by atomic mass is 10.3. The first kappa shape index (κ1) is 15.6. The fraction of sp³-hybridized carbons (Fsp3) is 0.385. The minimum Gasteiger partial charge on any atom is -0.494 e. The topological polar surface area (TPSA) is 18.5 Å². The third-order valence-corrected chi connectivity index (χ3v) is 3.99. The summed E-state index contributed by atoms with van der Waals surface area (Å²) in [6.45, 7) is 7.22. The van der Waals surface area contributed by atoms with Crippen LogP contribution in [0, 0.1) is 0 Å². The highest BCUT2D eigenvalue weighted by atomic mass is 28.3. The second kappa shape index (κ2) is 6.65. The van der Waals surface area contributed by atoms with E-state index in [1.165, 1.54) is 12.1 Å². The highest BCUT2D eigenvalue weighted by Gasteiger charge is 2.13. The van der Waals surface area contributed by atoms with Gasteiger partial charge in [0.25, 0.3) is 0 Å². The Balaban J connectivity index is 2.60. The Labute approximate surface area is 111 Å². The monoisotopic (exact) mass is 290 g/mol. The Morgan fingerprint density at radius 2 is 1.74 bits per heavy atom. The third kappa shape index (κ3) is 6.33. The molecule has 1 aromatic rings. The van der Waals surface area contributed by atoms with Crippen LogP contribution >= 0.6 is 0 Å². The van der Waals surface area contributed by atoms with Crippen LogP contribution in [0.25, 0.3) is 0 Å². The van der Waals surface area contributed by atoms with Crippen LogP contribution in [0.15, 0.2) is 36.4 Å². The van der Waals surface area contributed by atoms with Gasteiger partial charge < -0.3 is 9.47 Å². The lowest BCUT2D eigenvalue weighted by molar-refractivity contribution is 0.240. The van der Waals surface area contributed by atoms with Gasteiger partial charge in [-0.25, -0.2) is 0 Å². The number of ether oxygens (including phenoxy) is 2. The van der Waals surface area contributed by atoms with Gasteiger partial charge in [0.1, 0.15) is 11.5 Å². The van der Waals surface area contributed by atoms with Crippen molar-refractivity contribution in [2.24, 2.45) is 0 Å². The minimum atomic E-state index is -2.48. The van der Waals surface area contributed by atoms with Gasteiger partial charge in [-0.15, -0.1) is 0 Å². The quantitative estimate of drug-likeness (QED) is 0.552. The number of rotatable bonds is 6. The van der Waals surface area contributed by atoms with Gasteiger partial charge in [0, 0.05) is 14.1 Å². The molecule has 1 aromatic carbocycles. The molecular formula is C13H17F3O2Si. The van der Waals surface area contributed by atoms with Crippen LogP contribution in [0.4, 0.5) is 13.2 Å². The van der Waals surface area contributed by atoms with E-state index in [4.69, 9.17) is 4.74 Å². The Hall–Kier alpha value is -1.43. The fourth-order valence-corrected chi connectivity index (χ4v) is 1.96. The predicted molar refractivity (Wildman–Crippen MR) is 71.1 cm³/mol. The molecule has 0 spiro atoms. The molecule has 106 valence electrons. The zero-order chi connectivity index (χ0) is 14.5. The number of hydrogen-bond acceptors (Lipinski definition) is 2. The van der Waals surface area contributed by atoms with E-state index in [-0.39, 0.29) is 5.75 Å². The molecule has 0 aromatic heterocycles. The number of hydrogen-bond donors (Lipinski definition) is 0. The summed E-state index contributed by atoms with van der Waals surface area (Å²) in [5.41, 5.74) is 0. The van der Waals surface area contributed by atoms with Crippen LogP contribution in [0.3, 0.4) is 0 Å². The molecule has 0 saturated carbocycles. The first-order chi connectivity index (χ1) is 8.78. The molecule has 0 unspecified atom stereocenters. The molecule has 0 N–H and O–H groups in total. The van der Waals surface area contributed by atoms with Gasteiger partial charge in [-0.3, -0.25) is 0 Å². The van der Waals surface area contributed by atoms with Crippen LogP contribution < -0.4 is 9.47 Å². The average molecular weight is 290 g/mol. The molecule has 0 heterocycles. The molecule has 0 bridgehead atoms. The zero-order valence-corrected chi connectivity index (χ0v) is 12.2. The van der Waals surface area contributed by atoms with Crippen molar-refractivity contribution in [2.75, 3.05) is 6.61 Å². The van der Waals surface area contributed by atoms with Crippen molar-refractivity contribution in [1.29, 1.82) is 0 Å². The lowest BCUT2D eigenvalue weighted by Crippen LogP contribution is -2.22. The van der Waals surface area contributed by atoms with Crippen LogP contribution in [0.5, 0.6) is 11.5 Å². The molecule has 0 aliphatic carbocycles. The fourth-order valence-electron chi connectivity index (χ4n) is 1.24. The smallest absolute Gasteiger partial charge is 0.344 e. The van der Waals surface area contributed by atoms with E-state index in [9.17, 15) is 13.2 Å². The van der Waals surface area contributed by atoms with Crippen molar-refractivity contribution >= 4 is 8.07 Å². The molecular weight excluding hydrogens is 273 g/mol. The van der Waals surface area contributed by atoms with Gasteiger partial charge in [0.15, 0.2) is 0 Å². The van der Waals surface area contributed by atoms with E-state index >= 15 is 0 Å². The van der Waals surface area contributed by atoms with Crippen LogP contribution in [0.2, 0.25) is 25.7 Å². The molecule has 19 heavy (non-hydrogen) atoms. The highest BCUT2D eigenvalue weighted by molar-refractivity contribution is 6.76. The van der Waals surface area contributed by atoms with Gasteiger partial charge in [0.05, 0.1) is 6.61 Å². The molecule has 0 radical (unpaired) electrons. The number of halogens is 3. The van der Waals surface area contributed by atoms with Crippen molar-refractivity contribution in [3.63, 3.8) is 0 Å². The van der Waals surface area contributed by atoms with Crippen LogP contribution in [0.1, 0.15) is 0 Å². The second-order valence-electron chi connectivity index (χ2n) is 5.27. The third-order valence-electron chi connectivity index (χ3n) is 2.28. The summed E-state index contributed by atoms with van der Waals surface area (Å²) in [7, 11) is -1.19. The van der Waals surface area contributed by atoms with Crippen molar-refractivity contribution < 1.29 is 22.6 Å². The zero-order valence-electron chi connectivity index (χ0n) is 11.2. The molecule has 0 atom stereocenters. The van der Waals surface area contributed by atoms with E-state index < -0.39 is 20.2 Å². The van der Waals surface area contributed by atoms with Crippen LogP contribution in [-0.4, -0.2) is 14.7 Å². The highest BCUT2D eigenvalue weighted by Crippen LogP contribution is 2.23. The van der Waals surface area contributed by atoms with Crippen molar-refractivity contribution in [3.8, 4) is 11.5 Å². The Morgan fingerprint density at radius 3 is 2.32 bits per heavy atom. The van der Waals surface area contributed by atoms with Gasteiger partial charge >= 0.3 is 12.1 Å². The Kier molecular flexibility index (Phi) is 5.47. The van der Waals surface area contributed by atoms with E-state index in [1.54, 1.807) is 12.1 Å². The molecule has 2 nitrogen and oxygen atoms in total. The van der Waals surface area contributed by atoms with E-state index in [0.29, 0.717) is 12.4 Å². The molecule has 0 saturated heterocycles. The molecule has 0 aliphatic heterocycles. The molecule has 0 amide bonds. The first-order valence-electron chi connectivity index (χ1n) is 5.89.